The van der Waals surface area contributed by atoms with Gasteiger partial charge in [-0.25, -0.2) is 4.98 Å². The first-order valence-corrected chi connectivity index (χ1v) is 5.70. The van der Waals surface area contributed by atoms with E-state index in [9.17, 15) is 4.79 Å². The number of hydrogen-bond acceptors (Lipinski definition) is 4. The zero-order valence-electron chi connectivity index (χ0n) is 10.1. The van der Waals surface area contributed by atoms with Crippen LogP contribution in [0.2, 0.25) is 0 Å². The Morgan fingerprint density at radius 2 is 2.41 bits per heavy atom. The van der Waals surface area contributed by atoms with Gasteiger partial charge in [-0.15, -0.1) is 0 Å². The molecule has 0 saturated carbocycles. The van der Waals surface area contributed by atoms with Crippen LogP contribution in [0, 0.1) is 0 Å². The summed E-state index contributed by atoms with van der Waals surface area (Å²) < 4.78 is 5.24. The maximum atomic E-state index is 12.1. The number of carbonyl (C=O) groups is 1. The summed E-state index contributed by atoms with van der Waals surface area (Å²) in [6, 6.07) is 3.60. The molecule has 0 bridgehead atoms. The number of rotatable bonds is 3. The number of ether oxygens (including phenoxy) is 1. The maximum absolute atomic E-state index is 12.1. The van der Waals surface area contributed by atoms with E-state index in [-0.39, 0.29) is 12.0 Å². The molecule has 0 aromatic carbocycles. The number of anilines is 1. The first-order valence-electron chi connectivity index (χ1n) is 5.70. The molecule has 1 amide bonds. The number of aromatic nitrogens is 1. The SMILES string of the molecule is CNc1ccc(C(=O)N2CCC(OC)C2)cn1. The molecule has 1 aliphatic heterocycles. The van der Waals surface area contributed by atoms with Crippen molar-refractivity contribution >= 4 is 11.7 Å². The molecule has 1 saturated heterocycles. The van der Waals surface area contributed by atoms with Crippen LogP contribution in [0.15, 0.2) is 18.3 Å². The van der Waals surface area contributed by atoms with E-state index >= 15 is 0 Å². The van der Waals surface area contributed by atoms with E-state index in [0.29, 0.717) is 12.1 Å². The van der Waals surface area contributed by atoms with Crippen molar-refractivity contribution in [1.82, 2.24) is 9.88 Å². The molecule has 1 fully saturated rings. The fraction of sp³-hybridized carbons (Fsp3) is 0.500. The van der Waals surface area contributed by atoms with E-state index in [1.54, 1.807) is 32.5 Å². The molecule has 5 nitrogen and oxygen atoms in total. The van der Waals surface area contributed by atoms with Gasteiger partial charge in [0.1, 0.15) is 5.82 Å². The number of amides is 1. The van der Waals surface area contributed by atoms with Crippen LogP contribution >= 0.6 is 0 Å². The van der Waals surface area contributed by atoms with Gasteiger partial charge in [-0.1, -0.05) is 0 Å². The van der Waals surface area contributed by atoms with E-state index in [1.807, 2.05) is 4.90 Å². The molecule has 0 aliphatic carbocycles. The normalized spacial score (nSPS) is 19.4. The fourth-order valence-corrected chi connectivity index (χ4v) is 1.96. The molecule has 0 radical (unpaired) electrons. The Hall–Kier alpha value is -1.62. The van der Waals surface area contributed by atoms with Crippen LogP contribution in [0.1, 0.15) is 16.8 Å². The highest BCUT2D eigenvalue weighted by Crippen LogP contribution is 2.15. The fourth-order valence-electron chi connectivity index (χ4n) is 1.96. The Balaban J connectivity index is 2.04. The zero-order chi connectivity index (χ0) is 12.3. The van der Waals surface area contributed by atoms with Crippen molar-refractivity contribution in [3.8, 4) is 0 Å². The number of hydrogen-bond donors (Lipinski definition) is 1. The Morgan fingerprint density at radius 1 is 1.59 bits per heavy atom. The summed E-state index contributed by atoms with van der Waals surface area (Å²) in [6.07, 6.45) is 2.68. The van der Waals surface area contributed by atoms with Gasteiger partial charge >= 0.3 is 0 Å². The summed E-state index contributed by atoms with van der Waals surface area (Å²) in [7, 11) is 3.48. The van der Waals surface area contributed by atoms with Crippen molar-refractivity contribution in [2.24, 2.45) is 0 Å². The highest BCUT2D eigenvalue weighted by Gasteiger charge is 2.26. The summed E-state index contributed by atoms with van der Waals surface area (Å²) in [4.78, 5) is 18.1. The number of carbonyl (C=O) groups excluding carboxylic acids is 1. The van der Waals surface area contributed by atoms with Gasteiger partial charge in [0.15, 0.2) is 0 Å². The first-order chi connectivity index (χ1) is 8.24. The summed E-state index contributed by atoms with van der Waals surface area (Å²) >= 11 is 0. The number of nitrogens with zero attached hydrogens (tertiary/aromatic N) is 2. The Kier molecular flexibility index (Phi) is 3.58. The molecular weight excluding hydrogens is 218 g/mol. The summed E-state index contributed by atoms with van der Waals surface area (Å²) in [6.45, 7) is 1.42. The van der Waals surface area contributed by atoms with E-state index in [0.717, 1.165) is 18.8 Å². The smallest absolute Gasteiger partial charge is 0.255 e. The third-order valence-electron chi connectivity index (χ3n) is 3.03. The average molecular weight is 235 g/mol. The Morgan fingerprint density at radius 3 is 2.94 bits per heavy atom. The second kappa shape index (κ2) is 5.14. The van der Waals surface area contributed by atoms with Crippen LogP contribution < -0.4 is 5.32 Å². The van der Waals surface area contributed by atoms with E-state index in [4.69, 9.17) is 4.74 Å². The third-order valence-corrected chi connectivity index (χ3v) is 3.03. The minimum atomic E-state index is 0.0275. The highest BCUT2D eigenvalue weighted by atomic mass is 16.5. The van der Waals surface area contributed by atoms with Crippen molar-refractivity contribution in [2.75, 3.05) is 32.6 Å². The molecule has 92 valence electrons. The lowest BCUT2D eigenvalue weighted by atomic mass is 10.2. The van der Waals surface area contributed by atoms with Crippen LogP contribution in [-0.4, -0.2) is 49.1 Å². The predicted octanol–water partition coefficient (Wildman–Crippen LogP) is 0.984. The molecule has 2 heterocycles. The van der Waals surface area contributed by atoms with Gasteiger partial charge in [-0.05, 0) is 18.6 Å². The van der Waals surface area contributed by atoms with Gasteiger partial charge in [0.2, 0.25) is 0 Å². The largest absolute Gasteiger partial charge is 0.380 e. The number of likely N-dealkylation sites (tertiary alicyclic amines) is 1. The van der Waals surface area contributed by atoms with Gasteiger partial charge in [-0.3, -0.25) is 4.79 Å². The van der Waals surface area contributed by atoms with E-state index in [1.165, 1.54) is 0 Å². The monoisotopic (exact) mass is 235 g/mol. The summed E-state index contributed by atoms with van der Waals surface area (Å²) in [5.41, 5.74) is 0.626. The van der Waals surface area contributed by atoms with E-state index < -0.39 is 0 Å². The summed E-state index contributed by atoms with van der Waals surface area (Å²) in [5.74, 6) is 0.789. The van der Waals surface area contributed by atoms with E-state index in [2.05, 4.69) is 10.3 Å². The summed E-state index contributed by atoms with van der Waals surface area (Å²) in [5, 5.41) is 2.92. The molecule has 1 aliphatic rings. The van der Waals surface area contributed by atoms with Gasteiger partial charge < -0.3 is 15.0 Å². The first kappa shape index (κ1) is 11.9. The molecule has 0 spiro atoms. The molecule has 5 heteroatoms. The molecular formula is C12H17N3O2. The van der Waals surface area contributed by atoms with Gasteiger partial charge in [0.05, 0.1) is 11.7 Å². The van der Waals surface area contributed by atoms with Crippen LogP contribution in [0.4, 0.5) is 5.82 Å². The molecule has 1 aromatic rings. The predicted molar refractivity (Wildman–Crippen MR) is 65.1 cm³/mol. The van der Waals surface area contributed by atoms with Crippen molar-refractivity contribution in [1.29, 1.82) is 0 Å². The number of pyridine rings is 1. The van der Waals surface area contributed by atoms with Gasteiger partial charge in [0.25, 0.3) is 5.91 Å². The second-order valence-corrected chi connectivity index (χ2v) is 4.08. The van der Waals surface area contributed by atoms with Crippen LogP contribution in [0.25, 0.3) is 0 Å². The Labute approximate surface area is 101 Å². The van der Waals surface area contributed by atoms with Crippen LogP contribution in [0.3, 0.4) is 0 Å². The quantitative estimate of drug-likeness (QED) is 0.848. The lowest BCUT2D eigenvalue weighted by molar-refractivity contribution is 0.0724. The maximum Gasteiger partial charge on any atom is 0.255 e. The zero-order valence-corrected chi connectivity index (χ0v) is 10.1. The minimum absolute atomic E-state index is 0.0275. The molecule has 17 heavy (non-hydrogen) atoms. The number of nitrogens with one attached hydrogen (secondary N) is 1. The second-order valence-electron chi connectivity index (χ2n) is 4.08. The molecule has 1 N–H and O–H groups in total. The van der Waals surface area contributed by atoms with Crippen molar-refractivity contribution < 1.29 is 9.53 Å². The van der Waals surface area contributed by atoms with Crippen molar-refractivity contribution in [3.05, 3.63) is 23.9 Å². The topological polar surface area (TPSA) is 54.5 Å². The lowest BCUT2D eigenvalue weighted by Gasteiger charge is -2.16. The molecule has 2 rings (SSSR count). The molecule has 1 aromatic heterocycles. The van der Waals surface area contributed by atoms with Gasteiger partial charge in [0, 0.05) is 33.4 Å². The third kappa shape index (κ3) is 2.55. The number of methoxy groups -OCH3 is 1. The lowest BCUT2D eigenvalue weighted by Crippen LogP contribution is -2.30. The molecule has 1 unspecified atom stereocenters. The van der Waals surface area contributed by atoms with Crippen molar-refractivity contribution in [2.45, 2.75) is 12.5 Å². The minimum Gasteiger partial charge on any atom is -0.380 e. The standard InChI is InChI=1S/C12H17N3O2/c1-13-11-4-3-9(7-14-11)12(16)15-6-5-10(8-15)17-2/h3-4,7,10H,5-6,8H2,1-2H3,(H,13,14). The molecule has 1 atom stereocenters. The van der Waals surface area contributed by atoms with Gasteiger partial charge in [-0.2, -0.15) is 0 Å². The Bertz CT molecular complexity index is 391. The average Bonchev–Trinajstić information content (AvgIpc) is 2.87. The highest BCUT2D eigenvalue weighted by molar-refractivity contribution is 5.94. The van der Waals surface area contributed by atoms with Crippen molar-refractivity contribution in [3.63, 3.8) is 0 Å². The van der Waals surface area contributed by atoms with Crippen LogP contribution in [0.5, 0.6) is 0 Å². The van der Waals surface area contributed by atoms with Crippen LogP contribution in [-0.2, 0) is 4.74 Å².